The molecule has 0 radical (unpaired) electrons. The van der Waals surface area contributed by atoms with E-state index in [0.717, 1.165) is 4.47 Å². The van der Waals surface area contributed by atoms with Crippen molar-refractivity contribution in [1.82, 2.24) is 9.55 Å². The van der Waals surface area contributed by atoms with Gasteiger partial charge in [-0.15, -0.1) is 0 Å². The summed E-state index contributed by atoms with van der Waals surface area (Å²) in [6, 6.07) is 5.41. The van der Waals surface area contributed by atoms with Gasteiger partial charge in [-0.1, -0.05) is 15.9 Å². The van der Waals surface area contributed by atoms with Crippen molar-refractivity contribution in [2.45, 2.75) is 26.4 Å². The molecule has 0 saturated heterocycles. The average Bonchev–Trinajstić information content (AvgIpc) is 2.50. The summed E-state index contributed by atoms with van der Waals surface area (Å²) in [6.45, 7) is 5.41. The number of nitrogen functional groups attached to an aromatic ring is 1. The minimum absolute atomic E-state index is 0.123. The maximum atomic E-state index is 12.1. The molecule has 2 N–H and O–H groups in total. The van der Waals surface area contributed by atoms with Crippen LogP contribution < -0.4 is 5.73 Å². The Balaban J connectivity index is 2.53. The third-order valence-electron chi connectivity index (χ3n) is 2.22. The Morgan fingerprint density at radius 2 is 2.11 bits per heavy atom. The van der Waals surface area contributed by atoms with Gasteiger partial charge in [-0.05, 0) is 39.0 Å². The number of carbonyl (C=O) groups excluding carboxylic acids is 1. The van der Waals surface area contributed by atoms with E-state index in [4.69, 9.17) is 10.5 Å². The maximum absolute atomic E-state index is 12.1. The maximum Gasteiger partial charge on any atom is 0.421 e. The number of imidazole rings is 1. The van der Waals surface area contributed by atoms with Gasteiger partial charge in [0.05, 0.1) is 11.0 Å². The lowest BCUT2D eigenvalue weighted by atomic mass is 10.2. The third-order valence-corrected chi connectivity index (χ3v) is 2.71. The summed E-state index contributed by atoms with van der Waals surface area (Å²) in [5.41, 5.74) is 6.46. The van der Waals surface area contributed by atoms with Crippen LogP contribution in [0.3, 0.4) is 0 Å². The van der Waals surface area contributed by atoms with E-state index < -0.39 is 11.7 Å². The highest BCUT2D eigenvalue weighted by molar-refractivity contribution is 9.10. The van der Waals surface area contributed by atoms with E-state index in [1.807, 2.05) is 6.07 Å². The number of carbonyl (C=O) groups is 1. The summed E-state index contributed by atoms with van der Waals surface area (Å²) < 4.78 is 7.42. The number of benzene rings is 1. The fourth-order valence-corrected chi connectivity index (χ4v) is 1.92. The molecule has 6 heteroatoms. The van der Waals surface area contributed by atoms with E-state index in [2.05, 4.69) is 20.9 Å². The minimum atomic E-state index is -0.577. The van der Waals surface area contributed by atoms with Gasteiger partial charge in [0.1, 0.15) is 5.60 Å². The van der Waals surface area contributed by atoms with Crippen LogP contribution in [0.4, 0.5) is 10.7 Å². The number of anilines is 1. The number of halogens is 1. The first-order valence-electron chi connectivity index (χ1n) is 5.45. The van der Waals surface area contributed by atoms with E-state index >= 15 is 0 Å². The summed E-state index contributed by atoms with van der Waals surface area (Å²) in [6.07, 6.45) is -0.527. The molecule has 1 heterocycles. The Morgan fingerprint density at radius 3 is 2.72 bits per heavy atom. The second kappa shape index (κ2) is 4.28. The van der Waals surface area contributed by atoms with Crippen LogP contribution in [0.2, 0.25) is 0 Å². The summed E-state index contributed by atoms with van der Waals surface area (Å²) >= 11 is 3.35. The fraction of sp³-hybridized carbons (Fsp3) is 0.333. The Morgan fingerprint density at radius 1 is 1.44 bits per heavy atom. The normalized spacial score (nSPS) is 11.8. The SMILES string of the molecule is CC(C)(C)OC(=O)n1c(N)nc2ccc(Br)cc21. The zero-order valence-corrected chi connectivity index (χ0v) is 12.0. The topological polar surface area (TPSA) is 70.1 Å². The van der Waals surface area contributed by atoms with Crippen LogP contribution in [0.15, 0.2) is 22.7 Å². The van der Waals surface area contributed by atoms with E-state index in [1.54, 1.807) is 32.9 Å². The van der Waals surface area contributed by atoms with Gasteiger partial charge in [-0.3, -0.25) is 0 Å². The molecule has 0 saturated carbocycles. The predicted molar refractivity (Wildman–Crippen MR) is 73.5 cm³/mol. The van der Waals surface area contributed by atoms with E-state index in [1.165, 1.54) is 4.57 Å². The molecule has 0 aliphatic carbocycles. The molecule has 1 aromatic carbocycles. The molecule has 0 aliphatic heterocycles. The van der Waals surface area contributed by atoms with Gasteiger partial charge in [0, 0.05) is 4.47 Å². The van der Waals surface area contributed by atoms with Crippen molar-refractivity contribution in [3.05, 3.63) is 22.7 Å². The van der Waals surface area contributed by atoms with Gasteiger partial charge >= 0.3 is 6.09 Å². The predicted octanol–water partition coefficient (Wildman–Crippen LogP) is 3.16. The van der Waals surface area contributed by atoms with Gasteiger partial charge in [-0.25, -0.2) is 14.3 Å². The number of nitrogens with zero attached hydrogens (tertiary/aromatic N) is 2. The molecule has 18 heavy (non-hydrogen) atoms. The number of hydrogen-bond acceptors (Lipinski definition) is 4. The van der Waals surface area contributed by atoms with Gasteiger partial charge in [0.15, 0.2) is 0 Å². The van der Waals surface area contributed by atoms with Crippen molar-refractivity contribution >= 4 is 39.0 Å². The Kier molecular flexibility index (Phi) is 3.06. The van der Waals surface area contributed by atoms with Crippen molar-refractivity contribution in [2.24, 2.45) is 0 Å². The van der Waals surface area contributed by atoms with E-state index in [-0.39, 0.29) is 5.95 Å². The van der Waals surface area contributed by atoms with Crippen LogP contribution in [0.25, 0.3) is 11.0 Å². The van der Waals surface area contributed by atoms with Crippen LogP contribution in [-0.2, 0) is 4.74 Å². The molecule has 0 amide bonds. The van der Waals surface area contributed by atoms with Gasteiger partial charge in [0.2, 0.25) is 5.95 Å². The highest BCUT2D eigenvalue weighted by Crippen LogP contribution is 2.23. The molecule has 0 unspecified atom stereocenters. The van der Waals surface area contributed by atoms with Crippen molar-refractivity contribution in [3.8, 4) is 0 Å². The molecular formula is C12H14BrN3O2. The molecule has 2 rings (SSSR count). The number of fused-ring (bicyclic) bond motifs is 1. The zero-order chi connectivity index (χ0) is 13.5. The summed E-state index contributed by atoms with van der Waals surface area (Å²) in [5, 5.41) is 0. The summed E-state index contributed by atoms with van der Waals surface area (Å²) in [7, 11) is 0. The number of aromatic nitrogens is 2. The van der Waals surface area contributed by atoms with E-state index in [0.29, 0.717) is 11.0 Å². The summed E-state index contributed by atoms with van der Waals surface area (Å²) in [4.78, 5) is 16.2. The molecule has 0 atom stereocenters. The number of hydrogen-bond donors (Lipinski definition) is 1. The number of ether oxygens (including phenoxy) is 1. The molecule has 96 valence electrons. The fourth-order valence-electron chi connectivity index (χ4n) is 1.57. The van der Waals surface area contributed by atoms with Crippen LogP contribution in [0.1, 0.15) is 20.8 Å². The van der Waals surface area contributed by atoms with Crippen LogP contribution in [0, 0.1) is 0 Å². The van der Waals surface area contributed by atoms with E-state index in [9.17, 15) is 4.79 Å². The lowest BCUT2D eigenvalue weighted by molar-refractivity contribution is 0.0547. The molecule has 0 spiro atoms. The minimum Gasteiger partial charge on any atom is -0.443 e. The molecule has 2 aromatic rings. The number of rotatable bonds is 0. The van der Waals surface area contributed by atoms with Crippen molar-refractivity contribution in [3.63, 3.8) is 0 Å². The second-order valence-electron chi connectivity index (χ2n) is 4.92. The lowest BCUT2D eigenvalue weighted by Crippen LogP contribution is -2.27. The average molecular weight is 312 g/mol. The van der Waals surface area contributed by atoms with Gasteiger partial charge < -0.3 is 10.5 Å². The van der Waals surface area contributed by atoms with Crippen molar-refractivity contribution in [2.75, 3.05) is 5.73 Å². The number of nitrogens with two attached hydrogens (primary N) is 1. The monoisotopic (exact) mass is 311 g/mol. The Bertz CT molecular complexity index is 614. The van der Waals surface area contributed by atoms with Crippen LogP contribution in [-0.4, -0.2) is 21.2 Å². The largest absolute Gasteiger partial charge is 0.443 e. The first kappa shape index (κ1) is 12.9. The molecule has 1 aromatic heterocycles. The Hall–Kier alpha value is -1.56. The van der Waals surface area contributed by atoms with Crippen molar-refractivity contribution in [1.29, 1.82) is 0 Å². The standard InChI is InChI=1S/C12H14BrN3O2/c1-12(2,3)18-11(17)16-9-6-7(13)4-5-8(9)15-10(16)14/h4-6H,1-3H3,(H2,14,15). The van der Waals surface area contributed by atoms with Gasteiger partial charge in [0.25, 0.3) is 0 Å². The van der Waals surface area contributed by atoms with Gasteiger partial charge in [-0.2, -0.15) is 0 Å². The first-order chi connectivity index (χ1) is 8.28. The third kappa shape index (κ3) is 2.48. The summed E-state index contributed by atoms with van der Waals surface area (Å²) in [5.74, 6) is 0.123. The highest BCUT2D eigenvalue weighted by Gasteiger charge is 2.22. The lowest BCUT2D eigenvalue weighted by Gasteiger charge is -2.19. The molecule has 5 nitrogen and oxygen atoms in total. The second-order valence-corrected chi connectivity index (χ2v) is 5.83. The first-order valence-corrected chi connectivity index (χ1v) is 6.24. The zero-order valence-electron chi connectivity index (χ0n) is 10.4. The molecule has 0 fully saturated rings. The molecular weight excluding hydrogens is 298 g/mol. The van der Waals surface area contributed by atoms with Crippen LogP contribution >= 0.6 is 15.9 Å². The smallest absolute Gasteiger partial charge is 0.421 e. The highest BCUT2D eigenvalue weighted by atomic mass is 79.9. The quantitative estimate of drug-likeness (QED) is 0.811. The van der Waals surface area contributed by atoms with Crippen LogP contribution in [0.5, 0.6) is 0 Å². The Labute approximate surface area is 113 Å². The molecule has 0 bridgehead atoms. The molecule has 0 aliphatic rings. The van der Waals surface area contributed by atoms with Crippen molar-refractivity contribution < 1.29 is 9.53 Å².